The van der Waals surface area contributed by atoms with Crippen molar-refractivity contribution in [3.63, 3.8) is 0 Å². The van der Waals surface area contributed by atoms with Gasteiger partial charge in [0.1, 0.15) is 0 Å². The molecule has 0 saturated heterocycles. The third kappa shape index (κ3) is 4.11. The van der Waals surface area contributed by atoms with E-state index in [2.05, 4.69) is 23.6 Å². The highest BCUT2D eigenvalue weighted by Gasteiger charge is 2.23. The number of amides is 1. The molecule has 5 nitrogen and oxygen atoms in total. The van der Waals surface area contributed by atoms with Crippen LogP contribution in [0.2, 0.25) is 0 Å². The number of fused-ring (bicyclic) bond motifs is 1. The average Bonchev–Trinajstić information content (AvgIpc) is 3.16. The summed E-state index contributed by atoms with van der Waals surface area (Å²) in [6.07, 6.45) is 4.20. The summed E-state index contributed by atoms with van der Waals surface area (Å²) >= 11 is 0. The van der Waals surface area contributed by atoms with Crippen molar-refractivity contribution in [2.75, 3.05) is 13.3 Å². The summed E-state index contributed by atoms with van der Waals surface area (Å²) in [5.41, 5.74) is 1.23. The summed E-state index contributed by atoms with van der Waals surface area (Å²) in [6.45, 7) is 2.82. The molecule has 0 bridgehead atoms. The smallest absolute Gasteiger partial charge is 0.234 e. The van der Waals surface area contributed by atoms with Crippen LogP contribution in [0.15, 0.2) is 18.2 Å². The van der Waals surface area contributed by atoms with E-state index >= 15 is 0 Å². The molecule has 1 aromatic carbocycles. The summed E-state index contributed by atoms with van der Waals surface area (Å²) in [6, 6.07) is 6.80. The first kappa shape index (κ1) is 14.2. The SMILES string of the molecule is CC(CCc1ccc2c(c1)OCO2)NCC(=O)NC1CC1. The van der Waals surface area contributed by atoms with Crippen LogP contribution in [-0.4, -0.2) is 31.3 Å². The Balaban J connectivity index is 1.38. The Labute approximate surface area is 125 Å². The van der Waals surface area contributed by atoms with E-state index in [0.29, 0.717) is 25.4 Å². The Morgan fingerprint density at radius 2 is 2.14 bits per heavy atom. The fourth-order valence-electron chi connectivity index (χ4n) is 2.35. The van der Waals surface area contributed by atoms with Gasteiger partial charge in [-0.25, -0.2) is 0 Å². The van der Waals surface area contributed by atoms with Crippen LogP contribution in [0, 0.1) is 0 Å². The summed E-state index contributed by atoms with van der Waals surface area (Å²) in [7, 11) is 0. The van der Waals surface area contributed by atoms with E-state index < -0.39 is 0 Å². The molecule has 1 unspecified atom stereocenters. The first-order valence-electron chi connectivity index (χ1n) is 7.62. The summed E-state index contributed by atoms with van der Waals surface area (Å²) in [5, 5.41) is 6.25. The second kappa shape index (κ2) is 6.35. The number of rotatable bonds is 7. The van der Waals surface area contributed by atoms with Crippen LogP contribution in [-0.2, 0) is 11.2 Å². The van der Waals surface area contributed by atoms with Gasteiger partial charge in [0.15, 0.2) is 11.5 Å². The molecule has 2 N–H and O–H groups in total. The van der Waals surface area contributed by atoms with Crippen LogP contribution in [0.5, 0.6) is 11.5 Å². The molecule has 1 fully saturated rings. The molecular formula is C16H22N2O3. The van der Waals surface area contributed by atoms with Gasteiger partial charge < -0.3 is 20.1 Å². The predicted octanol–water partition coefficient (Wildman–Crippen LogP) is 1.60. The maximum Gasteiger partial charge on any atom is 0.234 e. The van der Waals surface area contributed by atoms with E-state index in [1.807, 2.05) is 12.1 Å². The van der Waals surface area contributed by atoms with Crippen LogP contribution in [0.4, 0.5) is 0 Å². The van der Waals surface area contributed by atoms with E-state index in [1.54, 1.807) is 0 Å². The number of hydrogen-bond acceptors (Lipinski definition) is 4. The number of carbonyl (C=O) groups is 1. The lowest BCUT2D eigenvalue weighted by atomic mass is 10.1. The highest BCUT2D eigenvalue weighted by molar-refractivity contribution is 5.78. The number of nitrogens with one attached hydrogen (secondary N) is 2. The van der Waals surface area contributed by atoms with Crippen molar-refractivity contribution in [2.45, 2.75) is 44.7 Å². The number of carbonyl (C=O) groups excluding carboxylic acids is 1. The maximum absolute atomic E-state index is 11.6. The molecule has 1 aromatic rings. The molecule has 1 amide bonds. The summed E-state index contributed by atoms with van der Waals surface area (Å²) in [4.78, 5) is 11.6. The molecule has 0 radical (unpaired) electrons. The van der Waals surface area contributed by atoms with Gasteiger partial charge >= 0.3 is 0 Å². The van der Waals surface area contributed by atoms with Crippen molar-refractivity contribution in [2.24, 2.45) is 0 Å². The fourth-order valence-corrected chi connectivity index (χ4v) is 2.35. The molecule has 3 rings (SSSR count). The first-order valence-corrected chi connectivity index (χ1v) is 7.62. The van der Waals surface area contributed by atoms with E-state index in [9.17, 15) is 4.79 Å². The molecule has 1 aliphatic heterocycles. The monoisotopic (exact) mass is 290 g/mol. The van der Waals surface area contributed by atoms with Crippen molar-refractivity contribution in [3.8, 4) is 11.5 Å². The van der Waals surface area contributed by atoms with Crippen LogP contribution < -0.4 is 20.1 Å². The molecule has 1 heterocycles. The zero-order valence-electron chi connectivity index (χ0n) is 12.4. The highest BCUT2D eigenvalue weighted by atomic mass is 16.7. The largest absolute Gasteiger partial charge is 0.454 e. The second-order valence-corrected chi connectivity index (χ2v) is 5.85. The molecule has 1 aliphatic carbocycles. The number of hydrogen-bond donors (Lipinski definition) is 2. The van der Waals surface area contributed by atoms with Gasteiger partial charge in [-0.1, -0.05) is 6.07 Å². The Morgan fingerprint density at radius 1 is 1.33 bits per heavy atom. The van der Waals surface area contributed by atoms with Gasteiger partial charge in [-0.05, 0) is 50.3 Å². The van der Waals surface area contributed by atoms with Crippen LogP contribution in [0.1, 0.15) is 31.7 Å². The lowest BCUT2D eigenvalue weighted by Gasteiger charge is -2.13. The van der Waals surface area contributed by atoms with Crippen LogP contribution >= 0.6 is 0 Å². The highest BCUT2D eigenvalue weighted by Crippen LogP contribution is 2.32. The molecule has 2 aliphatic rings. The minimum atomic E-state index is 0.104. The van der Waals surface area contributed by atoms with Gasteiger partial charge in [-0.3, -0.25) is 4.79 Å². The van der Waals surface area contributed by atoms with Crippen molar-refractivity contribution in [3.05, 3.63) is 23.8 Å². The lowest BCUT2D eigenvalue weighted by Crippen LogP contribution is -2.39. The normalized spacial score (nSPS) is 17.6. The van der Waals surface area contributed by atoms with Crippen molar-refractivity contribution in [1.29, 1.82) is 0 Å². The van der Waals surface area contributed by atoms with E-state index in [-0.39, 0.29) is 5.91 Å². The van der Waals surface area contributed by atoms with Crippen LogP contribution in [0.3, 0.4) is 0 Å². The van der Waals surface area contributed by atoms with Crippen molar-refractivity contribution >= 4 is 5.91 Å². The van der Waals surface area contributed by atoms with Crippen LogP contribution in [0.25, 0.3) is 0 Å². The average molecular weight is 290 g/mol. The van der Waals surface area contributed by atoms with E-state index in [4.69, 9.17) is 9.47 Å². The predicted molar refractivity (Wildman–Crippen MR) is 79.5 cm³/mol. The molecule has 0 spiro atoms. The molecule has 114 valence electrons. The minimum absolute atomic E-state index is 0.104. The number of aryl methyl sites for hydroxylation is 1. The summed E-state index contributed by atoms with van der Waals surface area (Å²) < 4.78 is 10.7. The third-order valence-electron chi connectivity index (χ3n) is 3.86. The van der Waals surface area contributed by atoms with Gasteiger partial charge in [-0.2, -0.15) is 0 Å². The summed E-state index contributed by atoms with van der Waals surface area (Å²) in [5.74, 6) is 1.76. The quantitative estimate of drug-likeness (QED) is 0.801. The number of ether oxygens (including phenoxy) is 2. The third-order valence-corrected chi connectivity index (χ3v) is 3.86. The van der Waals surface area contributed by atoms with Gasteiger partial charge in [0.05, 0.1) is 6.54 Å². The molecule has 21 heavy (non-hydrogen) atoms. The van der Waals surface area contributed by atoms with Crippen molar-refractivity contribution in [1.82, 2.24) is 10.6 Å². The first-order chi connectivity index (χ1) is 10.2. The lowest BCUT2D eigenvalue weighted by molar-refractivity contribution is -0.120. The second-order valence-electron chi connectivity index (χ2n) is 5.85. The van der Waals surface area contributed by atoms with E-state index in [0.717, 1.165) is 37.2 Å². The topological polar surface area (TPSA) is 59.6 Å². The fraction of sp³-hybridized carbons (Fsp3) is 0.562. The Kier molecular flexibility index (Phi) is 4.29. The van der Waals surface area contributed by atoms with E-state index in [1.165, 1.54) is 5.56 Å². The number of benzene rings is 1. The molecule has 5 heteroatoms. The van der Waals surface area contributed by atoms with Gasteiger partial charge in [0.25, 0.3) is 0 Å². The Bertz CT molecular complexity index is 514. The molecule has 1 atom stereocenters. The molecule has 0 aromatic heterocycles. The zero-order chi connectivity index (χ0) is 14.7. The van der Waals surface area contributed by atoms with Gasteiger partial charge in [0, 0.05) is 12.1 Å². The van der Waals surface area contributed by atoms with Gasteiger partial charge in [-0.15, -0.1) is 0 Å². The Morgan fingerprint density at radius 3 is 2.95 bits per heavy atom. The Hall–Kier alpha value is -1.75. The molecular weight excluding hydrogens is 268 g/mol. The van der Waals surface area contributed by atoms with Crippen molar-refractivity contribution < 1.29 is 14.3 Å². The standard InChI is InChI=1S/C16H22N2O3/c1-11(17-9-16(19)18-13-5-6-13)2-3-12-4-7-14-15(8-12)21-10-20-14/h4,7-8,11,13,17H,2-3,5-6,9-10H2,1H3,(H,18,19). The minimum Gasteiger partial charge on any atom is -0.454 e. The zero-order valence-corrected chi connectivity index (χ0v) is 12.4. The van der Waals surface area contributed by atoms with Gasteiger partial charge in [0.2, 0.25) is 12.7 Å². The maximum atomic E-state index is 11.6. The molecule has 1 saturated carbocycles.